The molecule has 1 aliphatic rings. The normalized spacial score (nSPS) is 17.7. The van der Waals surface area contributed by atoms with Crippen LogP contribution < -0.4 is 10.5 Å². The second-order valence-corrected chi connectivity index (χ2v) is 5.60. The molecule has 4 nitrogen and oxygen atoms in total. The van der Waals surface area contributed by atoms with Crippen LogP contribution in [0, 0.1) is 0 Å². The van der Waals surface area contributed by atoms with Gasteiger partial charge in [0, 0.05) is 18.2 Å². The van der Waals surface area contributed by atoms with Gasteiger partial charge in [-0.1, -0.05) is 13.0 Å². The summed E-state index contributed by atoms with van der Waals surface area (Å²) < 4.78 is 5.62. The van der Waals surface area contributed by atoms with Gasteiger partial charge < -0.3 is 15.4 Å². The van der Waals surface area contributed by atoms with Crippen LogP contribution in [-0.4, -0.2) is 36.5 Å². The van der Waals surface area contributed by atoms with Crippen LogP contribution in [0.4, 0.5) is 0 Å². The molecular weight excluding hydrogens is 300 g/mol. The SMILES string of the molecule is CCCOc1cccc(C(=O)N2CCCCC2CCN)c1.Cl. The summed E-state index contributed by atoms with van der Waals surface area (Å²) in [5.41, 5.74) is 6.40. The number of piperidine rings is 1. The molecule has 0 aromatic heterocycles. The van der Waals surface area contributed by atoms with Crippen LogP contribution in [-0.2, 0) is 0 Å². The number of carbonyl (C=O) groups is 1. The largest absolute Gasteiger partial charge is 0.494 e. The number of likely N-dealkylation sites (tertiary alicyclic amines) is 1. The van der Waals surface area contributed by atoms with Gasteiger partial charge in [0.15, 0.2) is 0 Å². The highest BCUT2D eigenvalue weighted by Crippen LogP contribution is 2.23. The second kappa shape index (κ2) is 9.70. The van der Waals surface area contributed by atoms with E-state index < -0.39 is 0 Å². The first-order valence-corrected chi connectivity index (χ1v) is 8.00. The summed E-state index contributed by atoms with van der Waals surface area (Å²) in [6.07, 6.45) is 5.18. The molecule has 0 bridgehead atoms. The molecule has 0 radical (unpaired) electrons. The lowest BCUT2D eigenvalue weighted by Gasteiger charge is -2.35. The molecule has 1 saturated heterocycles. The lowest BCUT2D eigenvalue weighted by molar-refractivity contribution is 0.0604. The fourth-order valence-electron chi connectivity index (χ4n) is 2.87. The van der Waals surface area contributed by atoms with Gasteiger partial charge in [0.05, 0.1) is 6.61 Å². The van der Waals surface area contributed by atoms with Gasteiger partial charge in [-0.3, -0.25) is 4.79 Å². The summed E-state index contributed by atoms with van der Waals surface area (Å²) in [6.45, 7) is 4.22. The number of hydrogen-bond acceptors (Lipinski definition) is 3. The van der Waals surface area contributed by atoms with E-state index in [4.69, 9.17) is 10.5 Å². The van der Waals surface area contributed by atoms with E-state index in [0.717, 1.165) is 38.0 Å². The number of rotatable bonds is 6. The average molecular weight is 327 g/mol. The summed E-state index contributed by atoms with van der Waals surface area (Å²) in [7, 11) is 0. The third-order valence-corrected chi connectivity index (χ3v) is 3.94. The number of hydrogen-bond donors (Lipinski definition) is 1. The highest BCUT2D eigenvalue weighted by molar-refractivity contribution is 5.94. The maximum absolute atomic E-state index is 12.7. The van der Waals surface area contributed by atoms with Crippen molar-refractivity contribution in [3.63, 3.8) is 0 Å². The number of nitrogens with zero attached hydrogens (tertiary/aromatic N) is 1. The van der Waals surface area contributed by atoms with E-state index in [1.54, 1.807) is 0 Å². The molecule has 2 rings (SSSR count). The van der Waals surface area contributed by atoms with Gasteiger partial charge in [0.1, 0.15) is 5.75 Å². The molecule has 0 aliphatic carbocycles. The van der Waals surface area contributed by atoms with Crippen molar-refractivity contribution in [2.75, 3.05) is 19.7 Å². The number of carbonyl (C=O) groups excluding carboxylic acids is 1. The van der Waals surface area contributed by atoms with Crippen LogP contribution in [0.5, 0.6) is 5.75 Å². The molecule has 5 heteroatoms. The molecule has 0 saturated carbocycles. The van der Waals surface area contributed by atoms with E-state index in [9.17, 15) is 4.79 Å². The molecule has 1 aromatic carbocycles. The Balaban J connectivity index is 0.00000242. The Bertz CT molecular complexity index is 466. The van der Waals surface area contributed by atoms with E-state index in [2.05, 4.69) is 6.92 Å². The zero-order chi connectivity index (χ0) is 15.1. The summed E-state index contributed by atoms with van der Waals surface area (Å²) in [4.78, 5) is 14.7. The topological polar surface area (TPSA) is 55.6 Å². The van der Waals surface area contributed by atoms with Crippen LogP contribution in [0.25, 0.3) is 0 Å². The minimum atomic E-state index is 0. The lowest BCUT2D eigenvalue weighted by atomic mass is 9.98. The van der Waals surface area contributed by atoms with Crippen LogP contribution >= 0.6 is 12.4 Å². The van der Waals surface area contributed by atoms with Gasteiger partial charge in [-0.2, -0.15) is 0 Å². The first-order chi connectivity index (χ1) is 10.3. The Hall–Kier alpha value is -1.26. The first-order valence-electron chi connectivity index (χ1n) is 8.00. The first kappa shape index (κ1) is 18.8. The third-order valence-electron chi connectivity index (χ3n) is 3.94. The van der Waals surface area contributed by atoms with Gasteiger partial charge in [0.25, 0.3) is 5.91 Å². The zero-order valence-electron chi connectivity index (χ0n) is 13.3. The van der Waals surface area contributed by atoms with Gasteiger partial charge >= 0.3 is 0 Å². The van der Waals surface area contributed by atoms with E-state index in [-0.39, 0.29) is 24.4 Å². The standard InChI is InChI=1S/C17H26N2O2.ClH/c1-2-12-21-16-8-5-6-14(13-16)17(20)19-11-4-3-7-15(19)9-10-18;/h5-6,8,13,15H,2-4,7,9-12,18H2,1H3;1H. The molecule has 0 spiro atoms. The number of benzene rings is 1. The monoisotopic (exact) mass is 326 g/mol. The van der Waals surface area contributed by atoms with E-state index in [1.807, 2.05) is 29.2 Å². The Kier molecular flexibility index (Phi) is 8.28. The maximum Gasteiger partial charge on any atom is 0.254 e. The van der Waals surface area contributed by atoms with E-state index >= 15 is 0 Å². The summed E-state index contributed by atoms with van der Waals surface area (Å²) in [6, 6.07) is 7.80. The quantitative estimate of drug-likeness (QED) is 0.873. The molecule has 1 unspecified atom stereocenters. The van der Waals surface area contributed by atoms with Crippen molar-refractivity contribution >= 4 is 18.3 Å². The zero-order valence-corrected chi connectivity index (χ0v) is 14.1. The maximum atomic E-state index is 12.7. The smallest absolute Gasteiger partial charge is 0.254 e. The van der Waals surface area contributed by atoms with Gasteiger partial charge in [-0.25, -0.2) is 0 Å². The average Bonchev–Trinajstić information content (AvgIpc) is 2.53. The van der Waals surface area contributed by atoms with Crippen molar-refractivity contribution in [2.24, 2.45) is 5.73 Å². The number of halogens is 1. The number of ether oxygens (including phenoxy) is 1. The molecule has 1 heterocycles. The summed E-state index contributed by atoms with van der Waals surface area (Å²) in [5, 5.41) is 0. The minimum Gasteiger partial charge on any atom is -0.494 e. The van der Waals surface area contributed by atoms with Gasteiger partial charge in [0.2, 0.25) is 0 Å². The molecular formula is C17H27ClN2O2. The fraction of sp³-hybridized carbons (Fsp3) is 0.588. The molecule has 1 atom stereocenters. The molecule has 22 heavy (non-hydrogen) atoms. The van der Waals surface area contributed by atoms with Crippen LogP contribution in [0.1, 0.15) is 49.4 Å². The number of nitrogens with two attached hydrogens (primary N) is 1. The molecule has 1 amide bonds. The van der Waals surface area contributed by atoms with Crippen LogP contribution in [0.3, 0.4) is 0 Å². The Morgan fingerprint density at radius 1 is 1.41 bits per heavy atom. The van der Waals surface area contributed by atoms with Crippen molar-refractivity contribution in [2.45, 2.75) is 45.1 Å². The second-order valence-electron chi connectivity index (χ2n) is 5.60. The van der Waals surface area contributed by atoms with Crippen LogP contribution in [0.2, 0.25) is 0 Å². The summed E-state index contributed by atoms with van der Waals surface area (Å²) >= 11 is 0. The highest BCUT2D eigenvalue weighted by Gasteiger charge is 2.26. The molecule has 124 valence electrons. The Labute approximate surface area is 139 Å². The van der Waals surface area contributed by atoms with E-state index in [1.165, 1.54) is 6.42 Å². The molecule has 1 aromatic rings. The highest BCUT2D eigenvalue weighted by atomic mass is 35.5. The van der Waals surface area contributed by atoms with Crippen molar-refractivity contribution in [3.05, 3.63) is 29.8 Å². The Morgan fingerprint density at radius 3 is 2.95 bits per heavy atom. The van der Waals surface area contributed by atoms with Crippen LogP contribution in [0.15, 0.2) is 24.3 Å². The van der Waals surface area contributed by atoms with Gasteiger partial charge in [-0.15, -0.1) is 12.4 Å². The predicted octanol–water partition coefficient (Wildman–Crippen LogP) is 3.24. The van der Waals surface area contributed by atoms with Crippen molar-refractivity contribution in [1.82, 2.24) is 4.90 Å². The van der Waals surface area contributed by atoms with Crippen molar-refractivity contribution < 1.29 is 9.53 Å². The summed E-state index contributed by atoms with van der Waals surface area (Å²) in [5.74, 6) is 0.880. The van der Waals surface area contributed by atoms with E-state index in [0.29, 0.717) is 18.7 Å². The van der Waals surface area contributed by atoms with Gasteiger partial charge in [-0.05, 0) is 56.8 Å². The van der Waals surface area contributed by atoms with Crippen molar-refractivity contribution in [3.8, 4) is 5.75 Å². The lowest BCUT2D eigenvalue weighted by Crippen LogP contribution is -2.44. The fourth-order valence-corrected chi connectivity index (χ4v) is 2.87. The molecule has 1 aliphatic heterocycles. The molecule has 2 N–H and O–H groups in total. The molecule has 1 fully saturated rings. The predicted molar refractivity (Wildman–Crippen MR) is 91.8 cm³/mol. The third kappa shape index (κ3) is 4.89. The van der Waals surface area contributed by atoms with Crippen molar-refractivity contribution in [1.29, 1.82) is 0 Å². The number of amides is 1. The Morgan fingerprint density at radius 2 is 2.23 bits per heavy atom. The minimum absolute atomic E-state index is 0.